The van der Waals surface area contributed by atoms with Crippen LogP contribution < -0.4 is 10.2 Å². The zero-order valence-corrected chi connectivity index (χ0v) is 11.3. The van der Waals surface area contributed by atoms with Crippen LogP contribution in [-0.4, -0.2) is 41.8 Å². The molecule has 5 nitrogen and oxygen atoms in total. The first kappa shape index (κ1) is 13.1. The molecule has 1 unspecified atom stereocenters. The van der Waals surface area contributed by atoms with Crippen molar-refractivity contribution in [2.24, 2.45) is 5.92 Å². The van der Waals surface area contributed by atoms with Crippen LogP contribution in [-0.2, 0) is 0 Å². The normalized spacial score (nSPS) is 19.6. The van der Waals surface area contributed by atoms with Gasteiger partial charge in [-0.2, -0.15) is 0 Å². The Labute approximate surface area is 108 Å². The van der Waals surface area contributed by atoms with Crippen molar-refractivity contribution in [2.45, 2.75) is 26.2 Å². The largest absolute Gasteiger partial charge is 0.396 e. The average molecular weight is 250 g/mol. The Morgan fingerprint density at radius 3 is 2.83 bits per heavy atom. The van der Waals surface area contributed by atoms with Crippen LogP contribution in [0.1, 0.15) is 31.7 Å². The van der Waals surface area contributed by atoms with Gasteiger partial charge in [-0.05, 0) is 12.3 Å². The molecule has 0 bridgehead atoms. The molecule has 2 N–H and O–H groups in total. The summed E-state index contributed by atoms with van der Waals surface area (Å²) in [6.07, 6.45) is 2.65. The number of hydrogen-bond acceptors (Lipinski definition) is 5. The van der Waals surface area contributed by atoms with Crippen molar-refractivity contribution in [2.75, 3.05) is 37.0 Å². The molecule has 1 aromatic rings. The summed E-state index contributed by atoms with van der Waals surface area (Å²) < 4.78 is 0. The number of hydrogen-bond donors (Lipinski definition) is 2. The third-order valence-corrected chi connectivity index (χ3v) is 3.52. The predicted octanol–water partition coefficient (Wildman–Crippen LogP) is 1.46. The fraction of sp³-hybridized carbons (Fsp3) is 0.692. The molecule has 0 aromatic carbocycles. The van der Waals surface area contributed by atoms with Gasteiger partial charge in [0.25, 0.3) is 0 Å². The molecule has 100 valence electrons. The number of aliphatic hydroxyl groups is 1. The van der Waals surface area contributed by atoms with E-state index in [9.17, 15) is 5.11 Å². The van der Waals surface area contributed by atoms with E-state index in [1.807, 2.05) is 7.05 Å². The van der Waals surface area contributed by atoms with Crippen molar-refractivity contribution in [3.05, 3.63) is 11.9 Å². The van der Waals surface area contributed by atoms with Gasteiger partial charge >= 0.3 is 0 Å². The molecule has 1 fully saturated rings. The summed E-state index contributed by atoms with van der Waals surface area (Å²) in [5.41, 5.74) is 1.17. The molecule has 2 rings (SSSR count). The van der Waals surface area contributed by atoms with Gasteiger partial charge in [-0.25, -0.2) is 9.97 Å². The Bertz CT molecular complexity index is 408. The van der Waals surface area contributed by atoms with Gasteiger partial charge in [0.2, 0.25) is 0 Å². The molecule has 1 aliphatic heterocycles. The maximum Gasteiger partial charge on any atom is 0.137 e. The fourth-order valence-corrected chi connectivity index (χ4v) is 2.54. The Hall–Kier alpha value is -1.36. The summed E-state index contributed by atoms with van der Waals surface area (Å²) in [6, 6.07) is 0. The van der Waals surface area contributed by atoms with E-state index in [1.54, 1.807) is 6.33 Å². The minimum Gasteiger partial charge on any atom is -0.396 e. The Balaban J connectivity index is 2.32. The van der Waals surface area contributed by atoms with Gasteiger partial charge in [-0.1, -0.05) is 13.8 Å². The molecule has 1 aromatic heterocycles. The highest BCUT2D eigenvalue weighted by Gasteiger charge is 2.26. The highest BCUT2D eigenvalue weighted by atomic mass is 16.3. The second-order valence-corrected chi connectivity index (χ2v) is 5.15. The lowest BCUT2D eigenvalue weighted by Gasteiger charge is -2.23. The van der Waals surface area contributed by atoms with Gasteiger partial charge in [0.1, 0.15) is 18.0 Å². The van der Waals surface area contributed by atoms with Gasteiger partial charge in [-0.15, -0.1) is 0 Å². The van der Waals surface area contributed by atoms with E-state index in [0.717, 1.165) is 31.1 Å². The lowest BCUT2D eigenvalue weighted by Crippen LogP contribution is -2.24. The number of nitrogens with one attached hydrogen (secondary N) is 1. The van der Waals surface area contributed by atoms with E-state index in [4.69, 9.17) is 0 Å². The smallest absolute Gasteiger partial charge is 0.137 e. The van der Waals surface area contributed by atoms with Crippen LogP contribution in [0.4, 0.5) is 11.6 Å². The fourth-order valence-electron chi connectivity index (χ4n) is 2.54. The minimum atomic E-state index is 0.261. The third-order valence-electron chi connectivity index (χ3n) is 3.52. The molecular weight excluding hydrogens is 228 g/mol. The molecule has 5 heteroatoms. The summed E-state index contributed by atoms with van der Waals surface area (Å²) in [5, 5.41) is 12.4. The lowest BCUT2D eigenvalue weighted by atomic mass is 10.0. The van der Waals surface area contributed by atoms with Gasteiger partial charge in [0.05, 0.1) is 0 Å². The number of aromatic nitrogens is 2. The number of rotatable bonds is 4. The Kier molecular flexibility index (Phi) is 4.01. The Morgan fingerprint density at radius 2 is 2.28 bits per heavy atom. The summed E-state index contributed by atoms with van der Waals surface area (Å²) >= 11 is 0. The minimum absolute atomic E-state index is 0.261. The van der Waals surface area contributed by atoms with Gasteiger partial charge in [0, 0.05) is 38.2 Å². The summed E-state index contributed by atoms with van der Waals surface area (Å²) in [7, 11) is 1.89. The molecule has 0 saturated carbocycles. The quantitative estimate of drug-likeness (QED) is 0.847. The van der Waals surface area contributed by atoms with Crippen molar-refractivity contribution in [1.82, 2.24) is 9.97 Å². The van der Waals surface area contributed by atoms with Gasteiger partial charge in [-0.3, -0.25) is 0 Å². The first-order valence-corrected chi connectivity index (χ1v) is 6.55. The van der Waals surface area contributed by atoms with Crippen LogP contribution in [0.25, 0.3) is 0 Å². The topological polar surface area (TPSA) is 61.3 Å². The molecule has 0 radical (unpaired) electrons. The first-order chi connectivity index (χ1) is 8.67. The molecule has 18 heavy (non-hydrogen) atoms. The van der Waals surface area contributed by atoms with Crippen LogP contribution in [0.5, 0.6) is 0 Å². The number of anilines is 2. The molecular formula is C13H22N4O. The molecule has 0 amide bonds. The maximum absolute atomic E-state index is 9.24. The van der Waals surface area contributed by atoms with Crippen molar-refractivity contribution in [3.8, 4) is 0 Å². The third kappa shape index (κ3) is 2.41. The van der Waals surface area contributed by atoms with Crippen molar-refractivity contribution in [1.29, 1.82) is 0 Å². The first-order valence-electron chi connectivity index (χ1n) is 6.55. The van der Waals surface area contributed by atoms with Gasteiger partial charge in [0.15, 0.2) is 0 Å². The van der Waals surface area contributed by atoms with E-state index >= 15 is 0 Å². The maximum atomic E-state index is 9.24. The van der Waals surface area contributed by atoms with Crippen LogP contribution in [0, 0.1) is 5.92 Å². The summed E-state index contributed by atoms with van der Waals surface area (Å²) in [5.74, 6) is 2.66. The zero-order chi connectivity index (χ0) is 13.1. The second kappa shape index (κ2) is 5.52. The van der Waals surface area contributed by atoms with E-state index in [1.165, 1.54) is 5.56 Å². The molecule has 1 atom stereocenters. The standard InChI is InChI=1S/C13H22N4O/c1-9(2)11-12(14-3)15-8-16-13(11)17-5-4-10(6-17)7-18/h8-10,18H,4-7H2,1-3H3,(H,14,15,16). The molecule has 2 heterocycles. The highest BCUT2D eigenvalue weighted by Crippen LogP contribution is 2.33. The van der Waals surface area contributed by atoms with Crippen LogP contribution >= 0.6 is 0 Å². The number of nitrogens with zero attached hydrogens (tertiary/aromatic N) is 3. The van der Waals surface area contributed by atoms with E-state index in [-0.39, 0.29) is 6.61 Å². The zero-order valence-electron chi connectivity index (χ0n) is 11.3. The Morgan fingerprint density at radius 1 is 1.50 bits per heavy atom. The monoisotopic (exact) mass is 250 g/mol. The van der Waals surface area contributed by atoms with E-state index < -0.39 is 0 Å². The predicted molar refractivity (Wildman–Crippen MR) is 73.1 cm³/mol. The highest BCUT2D eigenvalue weighted by molar-refractivity contribution is 5.60. The van der Waals surface area contributed by atoms with E-state index in [0.29, 0.717) is 11.8 Å². The van der Waals surface area contributed by atoms with Crippen molar-refractivity contribution >= 4 is 11.6 Å². The molecule has 1 saturated heterocycles. The van der Waals surface area contributed by atoms with Crippen molar-refractivity contribution in [3.63, 3.8) is 0 Å². The van der Waals surface area contributed by atoms with Crippen molar-refractivity contribution < 1.29 is 5.11 Å². The number of aliphatic hydroxyl groups excluding tert-OH is 1. The summed E-state index contributed by atoms with van der Waals surface area (Å²) in [4.78, 5) is 11.0. The average Bonchev–Trinajstić information content (AvgIpc) is 2.86. The van der Waals surface area contributed by atoms with E-state index in [2.05, 4.69) is 34.0 Å². The lowest BCUT2D eigenvalue weighted by molar-refractivity contribution is 0.238. The molecule has 1 aliphatic rings. The van der Waals surface area contributed by atoms with Gasteiger partial charge < -0.3 is 15.3 Å². The van der Waals surface area contributed by atoms with Crippen LogP contribution in [0.2, 0.25) is 0 Å². The molecule has 0 aliphatic carbocycles. The van der Waals surface area contributed by atoms with Crippen LogP contribution in [0.15, 0.2) is 6.33 Å². The molecule has 0 spiro atoms. The SMILES string of the molecule is CNc1ncnc(N2CCC(CO)C2)c1C(C)C. The second-order valence-electron chi connectivity index (χ2n) is 5.15. The van der Waals surface area contributed by atoms with Crippen LogP contribution in [0.3, 0.4) is 0 Å². The summed E-state index contributed by atoms with van der Waals surface area (Å²) in [6.45, 7) is 6.42.